The zero-order valence-corrected chi connectivity index (χ0v) is 13.3. The Balaban J connectivity index is 2.32. The van der Waals surface area contributed by atoms with Crippen LogP contribution in [0.25, 0.3) is 0 Å². The fourth-order valence-electron chi connectivity index (χ4n) is 2.92. The molecule has 1 aromatic rings. The van der Waals surface area contributed by atoms with Crippen molar-refractivity contribution < 1.29 is 9.53 Å². The quantitative estimate of drug-likeness (QED) is 0.745. The summed E-state index contributed by atoms with van der Waals surface area (Å²) in [4.78, 5) is 15.0. The molecule has 0 radical (unpaired) electrons. The number of methoxy groups -OCH3 is 1. The molecule has 2 rings (SSSR count). The molecule has 0 aromatic heterocycles. The van der Waals surface area contributed by atoms with Crippen LogP contribution in [0.1, 0.15) is 31.7 Å². The summed E-state index contributed by atoms with van der Waals surface area (Å²) >= 11 is 0. The van der Waals surface area contributed by atoms with Gasteiger partial charge in [-0.15, -0.1) is 0 Å². The monoisotopic (exact) mass is 290 g/mol. The van der Waals surface area contributed by atoms with E-state index in [1.807, 2.05) is 37.4 Å². The molecule has 1 aliphatic carbocycles. The van der Waals surface area contributed by atoms with Crippen LogP contribution in [0.2, 0.25) is 0 Å². The molecular weight excluding hydrogens is 264 g/mol. The van der Waals surface area contributed by atoms with E-state index in [-0.39, 0.29) is 5.97 Å². The lowest BCUT2D eigenvalue weighted by Crippen LogP contribution is -2.56. The normalized spacial score (nSPS) is 17.5. The van der Waals surface area contributed by atoms with E-state index >= 15 is 0 Å². The number of likely N-dealkylation sites (N-methyl/N-ethyl adjacent to an activating group) is 1. The van der Waals surface area contributed by atoms with E-state index < -0.39 is 5.54 Å². The zero-order valence-electron chi connectivity index (χ0n) is 13.3. The van der Waals surface area contributed by atoms with Crippen molar-refractivity contribution in [2.45, 2.75) is 37.8 Å². The van der Waals surface area contributed by atoms with Crippen molar-refractivity contribution in [1.82, 2.24) is 10.2 Å². The molecule has 1 N–H and O–H groups in total. The number of carbonyl (C=O) groups is 1. The van der Waals surface area contributed by atoms with Crippen LogP contribution in [0.15, 0.2) is 30.3 Å². The lowest BCUT2D eigenvalue weighted by atomic mass is 9.89. The van der Waals surface area contributed by atoms with Crippen LogP contribution in [0.4, 0.5) is 0 Å². The zero-order chi connectivity index (χ0) is 15.3. The Hall–Kier alpha value is -1.39. The molecule has 1 atom stereocenters. The lowest BCUT2D eigenvalue weighted by Gasteiger charge is -2.36. The topological polar surface area (TPSA) is 41.6 Å². The molecule has 0 bridgehead atoms. The van der Waals surface area contributed by atoms with Crippen molar-refractivity contribution in [3.63, 3.8) is 0 Å². The van der Waals surface area contributed by atoms with E-state index in [0.717, 1.165) is 18.5 Å². The van der Waals surface area contributed by atoms with Gasteiger partial charge in [-0.3, -0.25) is 4.90 Å². The Kier molecular flexibility index (Phi) is 5.37. The fourth-order valence-corrected chi connectivity index (χ4v) is 2.92. The molecule has 1 fully saturated rings. The van der Waals surface area contributed by atoms with Crippen molar-refractivity contribution >= 4 is 5.97 Å². The third-order valence-electron chi connectivity index (χ3n) is 4.24. The molecule has 0 amide bonds. The summed E-state index contributed by atoms with van der Waals surface area (Å²) in [6, 6.07) is 10.5. The largest absolute Gasteiger partial charge is 0.467 e. The van der Waals surface area contributed by atoms with Crippen LogP contribution in [0.5, 0.6) is 0 Å². The van der Waals surface area contributed by atoms with E-state index in [0.29, 0.717) is 12.6 Å². The van der Waals surface area contributed by atoms with Crippen molar-refractivity contribution in [2.75, 3.05) is 27.2 Å². The highest BCUT2D eigenvalue weighted by atomic mass is 16.5. The third-order valence-corrected chi connectivity index (χ3v) is 4.24. The van der Waals surface area contributed by atoms with Gasteiger partial charge in [-0.1, -0.05) is 37.3 Å². The highest BCUT2D eigenvalue weighted by Crippen LogP contribution is 2.32. The van der Waals surface area contributed by atoms with Gasteiger partial charge in [0.05, 0.1) is 7.11 Å². The molecule has 1 unspecified atom stereocenters. The van der Waals surface area contributed by atoms with Crippen LogP contribution in [-0.4, -0.2) is 44.2 Å². The predicted molar refractivity (Wildman–Crippen MR) is 84.1 cm³/mol. The number of nitrogens with one attached hydrogen (secondary N) is 1. The summed E-state index contributed by atoms with van der Waals surface area (Å²) in [7, 11) is 3.29. The Morgan fingerprint density at radius 2 is 2.05 bits per heavy atom. The van der Waals surface area contributed by atoms with Gasteiger partial charge in [-0.25, -0.2) is 4.79 Å². The molecule has 1 aromatic carbocycles. The smallest absolute Gasteiger partial charge is 0.332 e. The molecule has 116 valence electrons. The minimum Gasteiger partial charge on any atom is -0.467 e. The molecule has 21 heavy (non-hydrogen) atoms. The van der Waals surface area contributed by atoms with Crippen LogP contribution in [0, 0.1) is 0 Å². The molecule has 4 nitrogen and oxygen atoms in total. The van der Waals surface area contributed by atoms with E-state index in [2.05, 4.69) is 17.1 Å². The molecule has 0 heterocycles. The number of rotatable bonds is 8. The van der Waals surface area contributed by atoms with Gasteiger partial charge >= 0.3 is 5.97 Å². The SMILES string of the molecule is CCCN(CC(NC)(C(=O)OC)c1ccccc1)C1CC1. The standard InChI is InChI=1S/C17H26N2O2/c1-4-12-19(15-10-11-15)13-17(18-2,16(20)21-3)14-8-6-5-7-9-14/h5-9,15,18H,4,10-13H2,1-3H3. The van der Waals surface area contributed by atoms with Crippen molar-refractivity contribution in [1.29, 1.82) is 0 Å². The number of esters is 1. The summed E-state index contributed by atoms with van der Waals surface area (Å²) < 4.78 is 5.11. The van der Waals surface area contributed by atoms with Gasteiger partial charge in [0.25, 0.3) is 0 Å². The van der Waals surface area contributed by atoms with Gasteiger partial charge in [0.15, 0.2) is 5.54 Å². The average molecular weight is 290 g/mol. The minimum atomic E-state index is -0.798. The minimum absolute atomic E-state index is 0.224. The number of hydrogen-bond donors (Lipinski definition) is 1. The first-order valence-electron chi connectivity index (χ1n) is 7.74. The van der Waals surface area contributed by atoms with Gasteiger partial charge in [0.2, 0.25) is 0 Å². The lowest BCUT2D eigenvalue weighted by molar-refractivity contribution is -0.150. The van der Waals surface area contributed by atoms with Crippen LogP contribution >= 0.6 is 0 Å². The molecule has 0 spiro atoms. The predicted octanol–water partition coefficient (Wildman–Crippen LogP) is 2.15. The number of carbonyl (C=O) groups excluding carboxylic acids is 1. The fraction of sp³-hybridized carbons (Fsp3) is 0.588. The van der Waals surface area contributed by atoms with E-state index in [4.69, 9.17) is 4.74 Å². The van der Waals surface area contributed by atoms with E-state index in [9.17, 15) is 4.79 Å². The number of hydrogen-bond acceptors (Lipinski definition) is 4. The maximum Gasteiger partial charge on any atom is 0.332 e. The molecule has 0 saturated heterocycles. The summed E-state index contributed by atoms with van der Waals surface area (Å²) in [6.45, 7) is 3.84. The molecule has 4 heteroatoms. The molecule has 1 aliphatic rings. The summed E-state index contributed by atoms with van der Waals surface area (Å²) in [5.41, 5.74) is 0.162. The van der Waals surface area contributed by atoms with Gasteiger partial charge in [0, 0.05) is 12.6 Å². The first kappa shape index (κ1) is 16.0. The Labute approximate surface area is 127 Å². The van der Waals surface area contributed by atoms with Crippen LogP contribution < -0.4 is 5.32 Å². The maximum atomic E-state index is 12.5. The van der Waals surface area contributed by atoms with Crippen molar-refractivity contribution in [3.8, 4) is 0 Å². The summed E-state index contributed by atoms with van der Waals surface area (Å²) in [5.74, 6) is -0.224. The number of benzene rings is 1. The van der Waals surface area contributed by atoms with E-state index in [1.54, 1.807) is 0 Å². The third kappa shape index (κ3) is 3.44. The number of ether oxygens (including phenoxy) is 1. The highest BCUT2D eigenvalue weighted by Gasteiger charge is 2.44. The Morgan fingerprint density at radius 3 is 2.52 bits per heavy atom. The second kappa shape index (κ2) is 7.05. The van der Waals surface area contributed by atoms with Gasteiger partial charge < -0.3 is 10.1 Å². The second-order valence-corrected chi connectivity index (χ2v) is 5.71. The number of nitrogens with zero attached hydrogens (tertiary/aromatic N) is 1. The first-order chi connectivity index (χ1) is 10.2. The summed E-state index contributed by atoms with van der Waals surface area (Å²) in [6.07, 6.45) is 3.55. The van der Waals surface area contributed by atoms with Crippen LogP contribution in [0.3, 0.4) is 0 Å². The second-order valence-electron chi connectivity index (χ2n) is 5.71. The van der Waals surface area contributed by atoms with Gasteiger partial charge in [-0.05, 0) is 38.4 Å². The van der Waals surface area contributed by atoms with Crippen molar-refractivity contribution in [3.05, 3.63) is 35.9 Å². The maximum absolute atomic E-state index is 12.5. The van der Waals surface area contributed by atoms with E-state index in [1.165, 1.54) is 20.0 Å². The van der Waals surface area contributed by atoms with Gasteiger partial charge in [-0.2, -0.15) is 0 Å². The average Bonchev–Trinajstić information content (AvgIpc) is 3.36. The molecular formula is C17H26N2O2. The van der Waals surface area contributed by atoms with Crippen LogP contribution in [-0.2, 0) is 15.1 Å². The van der Waals surface area contributed by atoms with Crippen molar-refractivity contribution in [2.24, 2.45) is 0 Å². The summed E-state index contributed by atoms with van der Waals surface area (Å²) in [5, 5.41) is 3.24. The van der Waals surface area contributed by atoms with Gasteiger partial charge in [0.1, 0.15) is 0 Å². The molecule has 1 saturated carbocycles. The Bertz CT molecular complexity index is 459. The first-order valence-corrected chi connectivity index (χ1v) is 7.74. The highest BCUT2D eigenvalue weighted by molar-refractivity contribution is 5.83. The molecule has 0 aliphatic heterocycles. The Morgan fingerprint density at radius 1 is 1.38 bits per heavy atom.